The smallest absolute Gasteiger partial charge is 0.293 e. The standard InChI is InChI=1S/C11H18ClN3O/c1-3-15-7-6-13-10(11(15)16)14-8-9(2)4-5-12/h6-7,9H,3-5,8H2,1-2H3,(H,13,14). The van der Waals surface area contributed by atoms with Crippen LogP contribution in [0, 0.1) is 5.92 Å². The van der Waals surface area contributed by atoms with E-state index in [-0.39, 0.29) is 5.56 Å². The second-order valence-electron chi connectivity index (χ2n) is 3.83. The van der Waals surface area contributed by atoms with Crippen molar-refractivity contribution in [1.82, 2.24) is 9.55 Å². The average molecular weight is 244 g/mol. The highest BCUT2D eigenvalue weighted by Gasteiger charge is 2.05. The van der Waals surface area contributed by atoms with Crippen LogP contribution in [0.3, 0.4) is 0 Å². The molecule has 1 aromatic heterocycles. The van der Waals surface area contributed by atoms with Gasteiger partial charge >= 0.3 is 0 Å². The SMILES string of the molecule is CCn1ccnc(NCC(C)CCCl)c1=O. The van der Waals surface area contributed by atoms with Crippen molar-refractivity contribution in [3.8, 4) is 0 Å². The van der Waals surface area contributed by atoms with Crippen LogP contribution in [-0.4, -0.2) is 22.0 Å². The maximum atomic E-state index is 11.8. The monoisotopic (exact) mass is 243 g/mol. The normalized spacial score (nSPS) is 12.4. The predicted molar refractivity (Wildman–Crippen MR) is 67.2 cm³/mol. The molecule has 0 radical (unpaired) electrons. The molecule has 1 rings (SSSR count). The molecular formula is C11H18ClN3O. The minimum absolute atomic E-state index is 0.0666. The van der Waals surface area contributed by atoms with E-state index < -0.39 is 0 Å². The summed E-state index contributed by atoms with van der Waals surface area (Å²) in [4.78, 5) is 15.8. The lowest BCUT2D eigenvalue weighted by atomic mass is 10.1. The minimum Gasteiger partial charge on any atom is -0.365 e. The number of aryl methyl sites for hydroxylation is 1. The second kappa shape index (κ2) is 6.53. The van der Waals surface area contributed by atoms with Crippen molar-refractivity contribution >= 4 is 17.4 Å². The quantitative estimate of drug-likeness (QED) is 0.777. The van der Waals surface area contributed by atoms with Crippen LogP contribution in [0.1, 0.15) is 20.3 Å². The second-order valence-corrected chi connectivity index (χ2v) is 4.21. The number of halogens is 1. The third-order valence-electron chi connectivity index (χ3n) is 2.47. The van der Waals surface area contributed by atoms with Gasteiger partial charge in [0.15, 0.2) is 5.82 Å². The molecule has 0 spiro atoms. The molecule has 0 saturated carbocycles. The number of nitrogens with zero attached hydrogens (tertiary/aromatic N) is 2. The molecule has 4 nitrogen and oxygen atoms in total. The van der Waals surface area contributed by atoms with Gasteiger partial charge in [0.2, 0.25) is 0 Å². The number of hydrogen-bond donors (Lipinski definition) is 1. The zero-order valence-corrected chi connectivity index (χ0v) is 10.5. The third kappa shape index (κ3) is 3.52. The highest BCUT2D eigenvalue weighted by atomic mass is 35.5. The van der Waals surface area contributed by atoms with Crippen LogP contribution >= 0.6 is 11.6 Å². The molecule has 1 unspecified atom stereocenters. The molecule has 0 aliphatic rings. The summed E-state index contributed by atoms with van der Waals surface area (Å²) in [5, 5.41) is 3.07. The number of nitrogens with one attached hydrogen (secondary N) is 1. The fourth-order valence-electron chi connectivity index (χ4n) is 1.38. The lowest BCUT2D eigenvalue weighted by molar-refractivity contribution is 0.594. The van der Waals surface area contributed by atoms with E-state index >= 15 is 0 Å². The average Bonchev–Trinajstić information content (AvgIpc) is 2.28. The summed E-state index contributed by atoms with van der Waals surface area (Å²) in [7, 11) is 0. The summed E-state index contributed by atoms with van der Waals surface area (Å²) >= 11 is 5.65. The fourth-order valence-corrected chi connectivity index (χ4v) is 1.75. The maximum Gasteiger partial charge on any atom is 0.293 e. The molecular weight excluding hydrogens is 226 g/mol. The number of alkyl halides is 1. The molecule has 0 bridgehead atoms. The summed E-state index contributed by atoms with van der Waals surface area (Å²) < 4.78 is 1.63. The van der Waals surface area contributed by atoms with Crippen molar-refractivity contribution in [2.24, 2.45) is 5.92 Å². The first-order valence-corrected chi connectivity index (χ1v) is 6.07. The van der Waals surface area contributed by atoms with Gasteiger partial charge in [-0.3, -0.25) is 4.79 Å². The largest absolute Gasteiger partial charge is 0.365 e. The molecule has 0 saturated heterocycles. The minimum atomic E-state index is -0.0666. The van der Waals surface area contributed by atoms with Crippen LogP contribution < -0.4 is 10.9 Å². The van der Waals surface area contributed by atoms with E-state index in [9.17, 15) is 4.79 Å². The summed E-state index contributed by atoms with van der Waals surface area (Å²) in [6, 6.07) is 0. The van der Waals surface area contributed by atoms with Crippen molar-refractivity contribution in [3.05, 3.63) is 22.7 Å². The van der Waals surface area contributed by atoms with Gasteiger partial charge in [-0.05, 0) is 19.3 Å². The van der Waals surface area contributed by atoms with Crippen molar-refractivity contribution in [3.63, 3.8) is 0 Å². The van der Waals surface area contributed by atoms with Crippen LogP contribution in [0.2, 0.25) is 0 Å². The Kier molecular flexibility index (Phi) is 5.32. The molecule has 0 aliphatic carbocycles. The Morgan fingerprint density at radius 2 is 2.38 bits per heavy atom. The van der Waals surface area contributed by atoms with Crippen LogP contribution in [0.5, 0.6) is 0 Å². The van der Waals surface area contributed by atoms with Crippen molar-refractivity contribution in [2.75, 3.05) is 17.7 Å². The molecule has 90 valence electrons. The molecule has 0 aromatic carbocycles. The van der Waals surface area contributed by atoms with Crippen molar-refractivity contribution in [2.45, 2.75) is 26.8 Å². The van der Waals surface area contributed by atoms with Crippen molar-refractivity contribution in [1.29, 1.82) is 0 Å². The molecule has 1 heterocycles. The van der Waals surface area contributed by atoms with Crippen LogP contribution in [-0.2, 0) is 6.54 Å². The zero-order chi connectivity index (χ0) is 12.0. The van der Waals surface area contributed by atoms with E-state index in [2.05, 4.69) is 17.2 Å². The first-order chi connectivity index (χ1) is 7.69. The molecule has 0 amide bonds. The number of anilines is 1. The van der Waals surface area contributed by atoms with Crippen molar-refractivity contribution < 1.29 is 0 Å². The van der Waals surface area contributed by atoms with Gasteiger partial charge in [-0.1, -0.05) is 6.92 Å². The number of rotatable bonds is 6. The molecule has 0 fully saturated rings. The van der Waals surface area contributed by atoms with Gasteiger partial charge in [0.1, 0.15) is 0 Å². The van der Waals surface area contributed by atoms with E-state index in [4.69, 9.17) is 11.6 Å². The van der Waals surface area contributed by atoms with Gasteiger partial charge in [0.25, 0.3) is 5.56 Å². The van der Waals surface area contributed by atoms with E-state index in [0.717, 1.165) is 13.0 Å². The van der Waals surface area contributed by atoms with E-state index in [1.54, 1.807) is 17.0 Å². The maximum absolute atomic E-state index is 11.8. The van der Waals surface area contributed by atoms with Gasteiger partial charge in [-0.15, -0.1) is 11.6 Å². The highest BCUT2D eigenvalue weighted by molar-refractivity contribution is 6.17. The third-order valence-corrected chi connectivity index (χ3v) is 2.69. The van der Waals surface area contributed by atoms with Crippen LogP contribution in [0.25, 0.3) is 0 Å². The van der Waals surface area contributed by atoms with Crippen LogP contribution in [0.4, 0.5) is 5.82 Å². The summed E-state index contributed by atoms with van der Waals surface area (Å²) in [5.74, 6) is 1.50. The molecule has 16 heavy (non-hydrogen) atoms. The zero-order valence-electron chi connectivity index (χ0n) is 9.74. The first-order valence-electron chi connectivity index (χ1n) is 5.54. The Hall–Kier alpha value is -1.03. The highest BCUT2D eigenvalue weighted by Crippen LogP contribution is 2.04. The van der Waals surface area contributed by atoms with Gasteiger partial charge in [-0.25, -0.2) is 4.98 Å². The Morgan fingerprint density at radius 1 is 1.62 bits per heavy atom. The molecule has 1 aromatic rings. The summed E-state index contributed by atoms with van der Waals surface area (Å²) in [5.41, 5.74) is -0.0666. The number of hydrogen-bond acceptors (Lipinski definition) is 3. The fraction of sp³-hybridized carbons (Fsp3) is 0.636. The molecule has 1 atom stereocenters. The van der Waals surface area contributed by atoms with Crippen LogP contribution in [0.15, 0.2) is 17.2 Å². The molecule has 0 aliphatic heterocycles. The summed E-state index contributed by atoms with van der Waals surface area (Å²) in [6.45, 7) is 5.41. The first kappa shape index (κ1) is 13.0. The Bertz CT molecular complexity index is 378. The van der Waals surface area contributed by atoms with E-state index in [1.165, 1.54) is 0 Å². The molecule has 1 N–H and O–H groups in total. The van der Waals surface area contributed by atoms with Gasteiger partial charge < -0.3 is 9.88 Å². The summed E-state index contributed by atoms with van der Waals surface area (Å²) in [6.07, 6.45) is 4.26. The lowest BCUT2D eigenvalue weighted by Crippen LogP contribution is -2.25. The van der Waals surface area contributed by atoms with Gasteiger partial charge in [-0.2, -0.15) is 0 Å². The predicted octanol–water partition coefficient (Wildman–Crippen LogP) is 1.94. The lowest BCUT2D eigenvalue weighted by Gasteiger charge is -2.11. The van der Waals surface area contributed by atoms with Gasteiger partial charge in [0.05, 0.1) is 0 Å². The van der Waals surface area contributed by atoms with E-state index in [0.29, 0.717) is 24.2 Å². The topological polar surface area (TPSA) is 46.9 Å². The van der Waals surface area contributed by atoms with Gasteiger partial charge in [0, 0.05) is 31.4 Å². The Labute approximate surface area is 101 Å². The Balaban J connectivity index is 2.64. The Morgan fingerprint density at radius 3 is 3.00 bits per heavy atom. The number of aromatic nitrogens is 2. The van der Waals surface area contributed by atoms with E-state index in [1.807, 2.05) is 6.92 Å². The molecule has 5 heteroatoms.